The average molecular weight is 435 g/mol. The summed E-state index contributed by atoms with van der Waals surface area (Å²) in [5.74, 6) is -0.152. The maximum absolute atomic E-state index is 13.8. The summed E-state index contributed by atoms with van der Waals surface area (Å²) >= 11 is 0. The molecule has 0 atom stereocenters. The van der Waals surface area contributed by atoms with E-state index in [2.05, 4.69) is 22.4 Å². The lowest BCUT2D eigenvalue weighted by atomic mass is 10.1. The van der Waals surface area contributed by atoms with Crippen molar-refractivity contribution in [3.63, 3.8) is 0 Å². The molecule has 0 spiro atoms. The molecular weight excluding hydrogens is 407 g/mol. The number of hydrogen-bond donors (Lipinski definition) is 2. The minimum absolute atomic E-state index is 0.121. The molecule has 0 saturated heterocycles. The van der Waals surface area contributed by atoms with Gasteiger partial charge in [-0.25, -0.2) is 9.18 Å². The number of amides is 3. The standard InChI is InChI=1S/C25H27FN4O2/c26-19-9-10-23-20(13-19)21-16-29(12-4-7-22(21)28-23)25(32)27-11-3-8-24(31)30-14-17-5-1-2-6-18(17)15-30/h1-2,5-6,9-10,13,28H,3-4,7-8,11-12,14-16H2,(H,27,32). The number of halogens is 1. The van der Waals surface area contributed by atoms with Crippen LogP contribution >= 0.6 is 0 Å². The summed E-state index contributed by atoms with van der Waals surface area (Å²) < 4.78 is 13.8. The van der Waals surface area contributed by atoms with Crippen LogP contribution in [0.25, 0.3) is 10.9 Å². The first-order chi connectivity index (χ1) is 15.6. The van der Waals surface area contributed by atoms with Crippen molar-refractivity contribution in [3.8, 4) is 0 Å². The van der Waals surface area contributed by atoms with Crippen LogP contribution in [0, 0.1) is 5.82 Å². The monoisotopic (exact) mass is 434 g/mol. The zero-order chi connectivity index (χ0) is 22.1. The number of benzene rings is 2. The number of rotatable bonds is 4. The van der Waals surface area contributed by atoms with Crippen LogP contribution < -0.4 is 5.32 Å². The van der Waals surface area contributed by atoms with E-state index in [4.69, 9.17) is 0 Å². The highest BCUT2D eigenvalue weighted by Crippen LogP contribution is 2.28. The fourth-order valence-electron chi connectivity index (χ4n) is 4.77. The van der Waals surface area contributed by atoms with Gasteiger partial charge < -0.3 is 20.1 Å². The van der Waals surface area contributed by atoms with E-state index in [9.17, 15) is 14.0 Å². The van der Waals surface area contributed by atoms with Gasteiger partial charge in [-0.05, 0) is 48.6 Å². The second-order valence-corrected chi connectivity index (χ2v) is 8.65. The van der Waals surface area contributed by atoms with Crippen molar-refractivity contribution in [1.29, 1.82) is 0 Å². The summed E-state index contributed by atoms with van der Waals surface area (Å²) in [6.45, 7) is 2.90. The molecule has 32 heavy (non-hydrogen) atoms. The van der Waals surface area contributed by atoms with E-state index < -0.39 is 0 Å². The van der Waals surface area contributed by atoms with Crippen LogP contribution in [0.1, 0.15) is 41.6 Å². The number of carbonyl (C=O) groups is 2. The maximum atomic E-state index is 13.8. The first kappa shape index (κ1) is 20.5. The topological polar surface area (TPSA) is 68.4 Å². The van der Waals surface area contributed by atoms with Crippen molar-refractivity contribution in [2.45, 2.75) is 45.3 Å². The minimum Gasteiger partial charge on any atom is -0.358 e. The number of aromatic nitrogens is 1. The van der Waals surface area contributed by atoms with Gasteiger partial charge in [-0.2, -0.15) is 0 Å². The first-order valence-electron chi connectivity index (χ1n) is 11.2. The van der Waals surface area contributed by atoms with Gasteiger partial charge in [0.25, 0.3) is 0 Å². The number of aromatic amines is 1. The quantitative estimate of drug-likeness (QED) is 0.608. The molecule has 0 saturated carbocycles. The van der Waals surface area contributed by atoms with Crippen molar-refractivity contribution in [3.05, 3.63) is 70.7 Å². The van der Waals surface area contributed by atoms with E-state index in [1.165, 1.54) is 23.3 Å². The Morgan fingerprint density at radius 2 is 1.81 bits per heavy atom. The van der Waals surface area contributed by atoms with Gasteiger partial charge in [0.2, 0.25) is 5.91 Å². The van der Waals surface area contributed by atoms with Crippen molar-refractivity contribution < 1.29 is 14.0 Å². The fraction of sp³-hybridized carbons (Fsp3) is 0.360. The molecule has 0 aliphatic carbocycles. The molecule has 3 heterocycles. The maximum Gasteiger partial charge on any atom is 0.317 e. The summed E-state index contributed by atoms with van der Waals surface area (Å²) in [7, 11) is 0. The highest BCUT2D eigenvalue weighted by molar-refractivity contribution is 5.85. The van der Waals surface area contributed by atoms with Crippen molar-refractivity contribution in [2.75, 3.05) is 13.1 Å². The number of H-pyrrole nitrogens is 1. The Bertz CT molecular complexity index is 1150. The van der Waals surface area contributed by atoms with E-state index in [0.717, 1.165) is 35.0 Å². The Hall–Kier alpha value is -3.35. The molecule has 5 rings (SSSR count). The first-order valence-corrected chi connectivity index (χ1v) is 11.2. The predicted octanol–water partition coefficient (Wildman–Crippen LogP) is 4.09. The third kappa shape index (κ3) is 4.07. The molecule has 2 aromatic carbocycles. The molecule has 3 aromatic rings. The normalized spacial score (nSPS) is 15.4. The van der Waals surface area contributed by atoms with Gasteiger partial charge in [0.05, 0.1) is 0 Å². The van der Waals surface area contributed by atoms with Crippen LogP contribution in [0.2, 0.25) is 0 Å². The van der Waals surface area contributed by atoms with Gasteiger partial charge in [0.15, 0.2) is 0 Å². The van der Waals surface area contributed by atoms with Crippen molar-refractivity contribution in [2.24, 2.45) is 0 Å². The second kappa shape index (κ2) is 8.65. The number of nitrogens with zero attached hydrogens (tertiary/aromatic N) is 2. The van der Waals surface area contributed by atoms with Crippen LogP contribution in [0.5, 0.6) is 0 Å². The third-order valence-corrected chi connectivity index (χ3v) is 6.48. The largest absolute Gasteiger partial charge is 0.358 e. The highest BCUT2D eigenvalue weighted by atomic mass is 19.1. The van der Waals surface area contributed by atoms with E-state index in [0.29, 0.717) is 45.6 Å². The van der Waals surface area contributed by atoms with Crippen LogP contribution in [-0.4, -0.2) is 39.8 Å². The summed E-state index contributed by atoms with van der Waals surface area (Å²) in [4.78, 5) is 32.3. The number of urea groups is 1. The van der Waals surface area contributed by atoms with E-state index in [1.807, 2.05) is 17.0 Å². The molecule has 166 valence electrons. The third-order valence-electron chi connectivity index (χ3n) is 6.48. The summed E-state index contributed by atoms with van der Waals surface area (Å²) in [5.41, 5.74) is 5.41. The Morgan fingerprint density at radius 3 is 2.59 bits per heavy atom. The Labute approximate surface area is 186 Å². The fourth-order valence-corrected chi connectivity index (χ4v) is 4.77. The van der Waals surface area contributed by atoms with E-state index in [1.54, 1.807) is 11.0 Å². The van der Waals surface area contributed by atoms with Gasteiger partial charge in [0.1, 0.15) is 5.82 Å². The molecule has 0 bridgehead atoms. The zero-order valence-electron chi connectivity index (χ0n) is 18.0. The molecular formula is C25H27FN4O2. The number of nitrogens with one attached hydrogen (secondary N) is 2. The van der Waals surface area contributed by atoms with Gasteiger partial charge in [-0.1, -0.05) is 24.3 Å². The highest BCUT2D eigenvalue weighted by Gasteiger charge is 2.24. The molecule has 2 aliphatic heterocycles. The minimum atomic E-state index is -0.273. The number of hydrogen-bond acceptors (Lipinski definition) is 2. The van der Waals surface area contributed by atoms with Crippen molar-refractivity contribution in [1.82, 2.24) is 20.1 Å². The molecule has 0 unspecified atom stereocenters. The SMILES string of the molecule is O=C(CCCNC(=O)N1CCCc2[nH]c3ccc(F)cc3c2C1)N1Cc2ccccc2C1. The van der Waals surface area contributed by atoms with E-state index in [-0.39, 0.29) is 17.8 Å². The molecule has 6 nitrogen and oxygen atoms in total. The summed E-state index contributed by atoms with van der Waals surface area (Å²) in [5, 5.41) is 3.80. The molecule has 1 aromatic heterocycles. The molecule has 0 fully saturated rings. The molecule has 3 amide bonds. The number of carbonyl (C=O) groups excluding carboxylic acids is 2. The van der Waals surface area contributed by atoms with Gasteiger partial charge in [0, 0.05) is 61.3 Å². The number of fused-ring (bicyclic) bond motifs is 4. The van der Waals surface area contributed by atoms with Crippen LogP contribution in [0.4, 0.5) is 9.18 Å². The molecule has 7 heteroatoms. The van der Waals surface area contributed by atoms with Gasteiger partial charge in [-0.15, -0.1) is 0 Å². The second-order valence-electron chi connectivity index (χ2n) is 8.65. The average Bonchev–Trinajstić information content (AvgIpc) is 3.30. The zero-order valence-corrected chi connectivity index (χ0v) is 18.0. The lowest BCUT2D eigenvalue weighted by molar-refractivity contribution is -0.131. The van der Waals surface area contributed by atoms with Crippen molar-refractivity contribution >= 4 is 22.8 Å². The Morgan fingerprint density at radius 1 is 1.03 bits per heavy atom. The Kier molecular flexibility index (Phi) is 5.55. The van der Waals surface area contributed by atoms with Crippen LogP contribution in [0.15, 0.2) is 42.5 Å². The summed E-state index contributed by atoms with van der Waals surface area (Å²) in [6, 6.07) is 12.7. The molecule has 2 N–H and O–H groups in total. The lowest BCUT2D eigenvalue weighted by Gasteiger charge is -2.21. The smallest absolute Gasteiger partial charge is 0.317 e. The number of aryl methyl sites for hydroxylation is 1. The van der Waals surface area contributed by atoms with Gasteiger partial charge >= 0.3 is 6.03 Å². The predicted molar refractivity (Wildman–Crippen MR) is 120 cm³/mol. The molecule has 0 radical (unpaired) electrons. The molecule has 2 aliphatic rings. The van der Waals surface area contributed by atoms with E-state index >= 15 is 0 Å². The lowest BCUT2D eigenvalue weighted by Crippen LogP contribution is -2.40. The van der Waals surface area contributed by atoms with Crippen LogP contribution in [-0.2, 0) is 30.8 Å². The Balaban J connectivity index is 1.13. The van der Waals surface area contributed by atoms with Gasteiger partial charge in [-0.3, -0.25) is 4.79 Å². The van der Waals surface area contributed by atoms with Crippen LogP contribution in [0.3, 0.4) is 0 Å². The summed E-state index contributed by atoms with van der Waals surface area (Å²) in [6.07, 6.45) is 2.71.